The molecule has 1 aromatic carbocycles. The largest absolute Gasteiger partial charge is 0.293 e. The normalized spacial score (nSPS) is 11.5. The number of nitrogens with zero attached hydrogens (tertiary/aromatic N) is 5. The minimum absolute atomic E-state index is 0.776. The van der Waals surface area contributed by atoms with Gasteiger partial charge in [-0.2, -0.15) is 0 Å². The number of thiazole rings is 1. The van der Waals surface area contributed by atoms with E-state index in [4.69, 9.17) is 4.98 Å². The average molecular weight is 363 g/mol. The number of rotatable bonds is 4. The molecule has 0 saturated heterocycles. The summed E-state index contributed by atoms with van der Waals surface area (Å²) in [6.07, 6.45) is 4.07. The summed E-state index contributed by atoms with van der Waals surface area (Å²) < 4.78 is 4.18. The Bertz CT molecular complexity index is 1160. The standard InChI is InChI=1S/C18H13N5S2/c1-2-6-13(7-3-1)16-14(22-10-11-24-17(22)19-16)12-25-18-21-20-15-8-4-5-9-23(15)18/h1-11H,12H2. The molecule has 4 aromatic heterocycles. The van der Waals surface area contributed by atoms with Crippen LogP contribution in [0.25, 0.3) is 21.9 Å². The van der Waals surface area contributed by atoms with E-state index in [1.54, 1.807) is 23.1 Å². The minimum atomic E-state index is 0.776. The SMILES string of the molecule is c1ccc(-c2nc3sccn3c2CSc2nnc3ccccn23)cc1. The summed E-state index contributed by atoms with van der Waals surface area (Å²) in [5, 5.41) is 11.5. The van der Waals surface area contributed by atoms with Crippen molar-refractivity contribution in [1.82, 2.24) is 24.0 Å². The van der Waals surface area contributed by atoms with Crippen molar-refractivity contribution >= 4 is 33.7 Å². The third kappa shape index (κ3) is 2.52. The number of fused-ring (bicyclic) bond motifs is 2. The Labute approximate surface area is 152 Å². The van der Waals surface area contributed by atoms with Gasteiger partial charge >= 0.3 is 0 Å². The van der Waals surface area contributed by atoms with Gasteiger partial charge in [-0.15, -0.1) is 21.5 Å². The van der Waals surface area contributed by atoms with E-state index in [9.17, 15) is 0 Å². The van der Waals surface area contributed by atoms with Crippen molar-refractivity contribution < 1.29 is 0 Å². The first-order valence-corrected chi connectivity index (χ1v) is 9.69. The smallest absolute Gasteiger partial charge is 0.195 e. The third-order valence-corrected chi connectivity index (χ3v) is 5.74. The van der Waals surface area contributed by atoms with E-state index in [1.165, 1.54) is 5.69 Å². The first-order valence-electron chi connectivity index (χ1n) is 7.82. The molecule has 0 N–H and O–H groups in total. The second-order valence-corrected chi connectivity index (χ2v) is 7.34. The van der Waals surface area contributed by atoms with Crippen LogP contribution in [0.2, 0.25) is 0 Å². The number of thioether (sulfide) groups is 1. The van der Waals surface area contributed by atoms with E-state index in [2.05, 4.69) is 38.3 Å². The lowest BCUT2D eigenvalue weighted by atomic mass is 10.1. The zero-order valence-corrected chi connectivity index (χ0v) is 14.7. The van der Waals surface area contributed by atoms with Gasteiger partial charge < -0.3 is 0 Å². The van der Waals surface area contributed by atoms with Crippen LogP contribution >= 0.6 is 23.1 Å². The maximum absolute atomic E-state index is 4.83. The molecule has 0 fully saturated rings. The van der Waals surface area contributed by atoms with Gasteiger partial charge in [0.2, 0.25) is 0 Å². The van der Waals surface area contributed by atoms with Crippen LogP contribution in [0.5, 0.6) is 0 Å². The van der Waals surface area contributed by atoms with Gasteiger partial charge in [0.05, 0.1) is 11.4 Å². The van der Waals surface area contributed by atoms with Gasteiger partial charge in [0.15, 0.2) is 15.8 Å². The summed E-state index contributed by atoms with van der Waals surface area (Å²) in [6, 6.07) is 16.3. The van der Waals surface area contributed by atoms with E-state index < -0.39 is 0 Å². The number of aromatic nitrogens is 5. The van der Waals surface area contributed by atoms with Crippen LogP contribution in [0.15, 0.2) is 71.5 Å². The number of pyridine rings is 1. The number of hydrogen-bond acceptors (Lipinski definition) is 5. The van der Waals surface area contributed by atoms with Crippen LogP contribution in [0.1, 0.15) is 5.69 Å². The number of hydrogen-bond donors (Lipinski definition) is 0. The number of imidazole rings is 1. The highest BCUT2D eigenvalue weighted by Gasteiger charge is 2.16. The lowest BCUT2D eigenvalue weighted by Crippen LogP contribution is -1.93. The Morgan fingerprint density at radius 2 is 1.80 bits per heavy atom. The molecule has 0 unspecified atom stereocenters. The van der Waals surface area contributed by atoms with Crippen molar-refractivity contribution in [1.29, 1.82) is 0 Å². The Balaban J connectivity index is 1.55. The van der Waals surface area contributed by atoms with Crippen LogP contribution in [0.3, 0.4) is 0 Å². The van der Waals surface area contributed by atoms with Crippen molar-refractivity contribution in [2.75, 3.05) is 0 Å². The van der Waals surface area contributed by atoms with Crippen LogP contribution in [-0.4, -0.2) is 24.0 Å². The molecule has 5 nitrogen and oxygen atoms in total. The van der Waals surface area contributed by atoms with Gasteiger partial charge in [-0.1, -0.05) is 48.2 Å². The van der Waals surface area contributed by atoms with Crippen LogP contribution < -0.4 is 0 Å². The van der Waals surface area contributed by atoms with E-state index in [0.717, 1.165) is 32.8 Å². The van der Waals surface area contributed by atoms with Crippen LogP contribution in [0.4, 0.5) is 0 Å². The predicted molar refractivity (Wildman–Crippen MR) is 101 cm³/mol. The zero-order valence-electron chi connectivity index (χ0n) is 13.1. The van der Waals surface area contributed by atoms with E-state index in [1.807, 2.05) is 47.0 Å². The lowest BCUT2D eigenvalue weighted by Gasteiger charge is -2.04. The van der Waals surface area contributed by atoms with Gasteiger partial charge in [-0.25, -0.2) is 4.98 Å². The molecule has 122 valence electrons. The van der Waals surface area contributed by atoms with Crippen molar-refractivity contribution in [3.05, 3.63) is 72.0 Å². The van der Waals surface area contributed by atoms with Crippen molar-refractivity contribution in [3.8, 4) is 11.3 Å². The highest BCUT2D eigenvalue weighted by molar-refractivity contribution is 7.98. The fourth-order valence-electron chi connectivity index (χ4n) is 2.85. The highest BCUT2D eigenvalue weighted by atomic mass is 32.2. The molecule has 0 amide bonds. The average Bonchev–Trinajstić information content (AvgIpc) is 3.35. The maximum Gasteiger partial charge on any atom is 0.195 e. The first-order chi connectivity index (χ1) is 12.4. The van der Waals surface area contributed by atoms with E-state index >= 15 is 0 Å². The Hall–Kier alpha value is -2.64. The van der Waals surface area contributed by atoms with Gasteiger partial charge in [0, 0.05) is 29.1 Å². The molecular weight excluding hydrogens is 350 g/mol. The second-order valence-electron chi connectivity index (χ2n) is 5.53. The first kappa shape index (κ1) is 14.7. The van der Waals surface area contributed by atoms with Crippen LogP contribution in [-0.2, 0) is 5.75 Å². The van der Waals surface area contributed by atoms with Gasteiger partial charge in [-0.05, 0) is 12.1 Å². The summed E-state index contributed by atoms with van der Waals surface area (Å²) in [4.78, 5) is 5.84. The molecule has 5 aromatic rings. The minimum Gasteiger partial charge on any atom is -0.293 e. The maximum atomic E-state index is 4.83. The summed E-state index contributed by atoms with van der Waals surface area (Å²) in [5.41, 5.74) is 4.22. The zero-order chi connectivity index (χ0) is 16.6. The summed E-state index contributed by atoms with van der Waals surface area (Å²) in [7, 11) is 0. The molecular formula is C18H13N5S2. The van der Waals surface area contributed by atoms with Crippen molar-refractivity contribution in [2.45, 2.75) is 10.9 Å². The van der Waals surface area contributed by atoms with Crippen molar-refractivity contribution in [2.24, 2.45) is 0 Å². The molecule has 0 aliphatic carbocycles. The number of benzene rings is 1. The molecule has 0 aliphatic rings. The molecule has 0 atom stereocenters. The molecule has 5 rings (SSSR count). The molecule has 4 heterocycles. The topological polar surface area (TPSA) is 47.5 Å². The Morgan fingerprint density at radius 1 is 0.920 bits per heavy atom. The van der Waals surface area contributed by atoms with Gasteiger partial charge in [0.1, 0.15) is 0 Å². The molecule has 25 heavy (non-hydrogen) atoms. The second kappa shape index (κ2) is 6.02. The summed E-state index contributed by atoms with van der Waals surface area (Å²) in [6.45, 7) is 0. The summed E-state index contributed by atoms with van der Waals surface area (Å²) >= 11 is 3.33. The lowest BCUT2D eigenvalue weighted by molar-refractivity contribution is 0.919. The molecule has 0 radical (unpaired) electrons. The molecule has 7 heteroatoms. The fraction of sp³-hybridized carbons (Fsp3) is 0.0556. The van der Waals surface area contributed by atoms with Gasteiger partial charge in [0.25, 0.3) is 0 Å². The molecule has 0 bridgehead atoms. The molecule has 0 aliphatic heterocycles. The van der Waals surface area contributed by atoms with E-state index in [-0.39, 0.29) is 0 Å². The van der Waals surface area contributed by atoms with Crippen LogP contribution in [0, 0.1) is 0 Å². The Morgan fingerprint density at radius 3 is 2.72 bits per heavy atom. The quantitative estimate of drug-likeness (QED) is 0.444. The predicted octanol–water partition coefficient (Wildman–Crippen LogP) is 4.40. The molecule has 0 saturated carbocycles. The van der Waals surface area contributed by atoms with Crippen molar-refractivity contribution in [3.63, 3.8) is 0 Å². The third-order valence-electron chi connectivity index (χ3n) is 4.03. The van der Waals surface area contributed by atoms with E-state index in [0.29, 0.717) is 0 Å². The monoisotopic (exact) mass is 363 g/mol. The Kier molecular flexibility index (Phi) is 3.53. The highest BCUT2D eigenvalue weighted by Crippen LogP contribution is 2.31. The fourth-order valence-corrected chi connectivity index (χ4v) is 4.52. The molecule has 0 spiro atoms. The summed E-state index contributed by atoms with van der Waals surface area (Å²) in [5.74, 6) is 0.776. The van der Waals surface area contributed by atoms with Gasteiger partial charge in [-0.3, -0.25) is 8.80 Å².